The minimum absolute atomic E-state index is 0.00600. The van der Waals surface area contributed by atoms with Gasteiger partial charge in [-0.25, -0.2) is 14.2 Å². The molecule has 0 atom stereocenters. The molecule has 1 fully saturated rings. The van der Waals surface area contributed by atoms with Gasteiger partial charge in [0.15, 0.2) is 12.3 Å². The summed E-state index contributed by atoms with van der Waals surface area (Å²) in [6, 6.07) is 6.19. The minimum atomic E-state index is -0.859. The summed E-state index contributed by atoms with van der Waals surface area (Å²) in [5.74, 6) is -1.49. The maximum absolute atomic E-state index is 13.0. The van der Waals surface area contributed by atoms with Gasteiger partial charge in [-0.1, -0.05) is 34.8 Å². The van der Waals surface area contributed by atoms with Crippen LogP contribution in [0, 0.1) is 5.82 Å². The van der Waals surface area contributed by atoms with E-state index < -0.39 is 12.6 Å². The Morgan fingerprint density at radius 2 is 1.68 bits per heavy atom. The third-order valence-corrected chi connectivity index (χ3v) is 5.50. The molecule has 10 heteroatoms. The molecular formula is C18H15Cl3FN3O3. The van der Waals surface area contributed by atoms with E-state index in [1.807, 2.05) is 0 Å². The highest BCUT2D eigenvalue weighted by Gasteiger charge is 2.24. The number of benzene rings is 1. The average molecular weight is 447 g/mol. The first-order valence-electron chi connectivity index (χ1n) is 8.31. The largest absolute Gasteiger partial charge is 0.451 e. The Kier molecular flexibility index (Phi) is 6.59. The van der Waals surface area contributed by atoms with E-state index in [0.29, 0.717) is 26.2 Å². The van der Waals surface area contributed by atoms with E-state index >= 15 is 0 Å². The van der Waals surface area contributed by atoms with Gasteiger partial charge in [-0.05, 0) is 24.3 Å². The summed E-state index contributed by atoms with van der Waals surface area (Å²) in [6.07, 6.45) is 1.18. The van der Waals surface area contributed by atoms with E-state index in [9.17, 15) is 14.0 Å². The zero-order valence-corrected chi connectivity index (χ0v) is 16.8. The van der Waals surface area contributed by atoms with Crippen LogP contribution in [0.15, 0.2) is 30.5 Å². The van der Waals surface area contributed by atoms with Crippen LogP contribution in [0.3, 0.4) is 0 Å². The molecule has 2 aromatic rings. The summed E-state index contributed by atoms with van der Waals surface area (Å²) in [4.78, 5) is 31.9. The summed E-state index contributed by atoms with van der Waals surface area (Å²) in [5, 5.41) is -0.0219. The number of hydrogen-bond donors (Lipinski definition) is 0. The second-order valence-electron chi connectivity index (χ2n) is 6.00. The van der Waals surface area contributed by atoms with E-state index in [1.54, 1.807) is 17.0 Å². The highest BCUT2D eigenvalue weighted by Crippen LogP contribution is 2.31. The van der Waals surface area contributed by atoms with Gasteiger partial charge in [0.2, 0.25) is 0 Å². The predicted molar refractivity (Wildman–Crippen MR) is 105 cm³/mol. The molecule has 1 saturated heterocycles. The molecule has 0 spiro atoms. The maximum Gasteiger partial charge on any atom is 0.359 e. The van der Waals surface area contributed by atoms with Gasteiger partial charge in [-0.15, -0.1) is 0 Å². The van der Waals surface area contributed by atoms with Gasteiger partial charge in [0.05, 0.1) is 15.1 Å². The van der Waals surface area contributed by atoms with Crippen molar-refractivity contribution < 1.29 is 18.7 Å². The van der Waals surface area contributed by atoms with Crippen LogP contribution < -0.4 is 4.90 Å². The highest BCUT2D eigenvalue weighted by molar-refractivity contribution is 6.48. The van der Waals surface area contributed by atoms with Crippen molar-refractivity contribution in [1.82, 2.24) is 9.88 Å². The van der Waals surface area contributed by atoms with Crippen LogP contribution in [-0.2, 0) is 9.53 Å². The van der Waals surface area contributed by atoms with Crippen LogP contribution in [0.25, 0.3) is 0 Å². The molecule has 0 N–H and O–H groups in total. The lowest BCUT2D eigenvalue weighted by atomic mass is 10.2. The van der Waals surface area contributed by atoms with Crippen LogP contribution in [0.4, 0.5) is 10.1 Å². The summed E-state index contributed by atoms with van der Waals surface area (Å²) < 4.78 is 18.0. The third-order valence-electron chi connectivity index (χ3n) is 4.26. The molecule has 0 aliphatic carbocycles. The second kappa shape index (κ2) is 8.94. The van der Waals surface area contributed by atoms with Crippen molar-refractivity contribution in [1.29, 1.82) is 0 Å². The predicted octanol–water partition coefficient (Wildman–Crippen LogP) is 3.69. The van der Waals surface area contributed by atoms with E-state index in [4.69, 9.17) is 39.5 Å². The highest BCUT2D eigenvalue weighted by atomic mass is 35.5. The molecule has 148 valence electrons. The molecule has 1 aliphatic heterocycles. The number of carbonyl (C=O) groups is 2. The number of carbonyl (C=O) groups excluding carboxylic acids is 2. The van der Waals surface area contributed by atoms with E-state index in [2.05, 4.69) is 9.88 Å². The quantitative estimate of drug-likeness (QED) is 0.670. The van der Waals surface area contributed by atoms with Crippen LogP contribution in [0.2, 0.25) is 15.1 Å². The smallest absolute Gasteiger partial charge is 0.359 e. The summed E-state index contributed by atoms with van der Waals surface area (Å²) in [7, 11) is 0. The standard InChI is InChI=1S/C18H15Cl3FN3O3/c19-13-9-23-17(16(21)15(13)20)18(27)28-10-14(26)25-7-5-24(6-8-25)12-3-1-11(22)2-4-12/h1-4,9H,5-8,10H2. The van der Waals surface area contributed by atoms with Crippen molar-refractivity contribution in [3.05, 3.63) is 57.0 Å². The van der Waals surface area contributed by atoms with Crippen molar-refractivity contribution in [3.8, 4) is 0 Å². The van der Waals surface area contributed by atoms with E-state index in [1.165, 1.54) is 18.3 Å². The van der Waals surface area contributed by atoms with Crippen LogP contribution in [-0.4, -0.2) is 54.5 Å². The number of hydrogen-bond acceptors (Lipinski definition) is 5. The topological polar surface area (TPSA) is 62.7 Å². The number of aromatic nitrogens is 1. The Labute approximate surface area is 175 Å². The summed E-state index contributed by atoms with van der Waals surface area (Å²) >= 11 is 17.6. The van der Waals surface area contributed by atoms with Crippen molar-refractivity contribution in [2.24, 2.45) is 0 Å². The number of anilines is 1. The van der Waals surface area contributed by atoms with Gasteiger partial charge in [-0.2, -0.15) is 0 Å². The maximum atomic E-state index is 13.0. The van der Waals surface area contributed by atoms with Gasteiger partial charge in [0, 0.05) is 38.1 Å². The van der Waals surface area contributed by atoms with Crippen LogP contribution in [0.5, 0.6) is 0 Å². The number of esters is 1. The first-order valence-corrected chi connectivity index (χ1v) is 9.45. The molecule has 3 rings (SSSR count). The summed E-state index contributed by atoms with van der Waals surface area (Å²) in [6.45, 7) is 1.66. The first kappa shape index (κ1) is 20.6. The number of halogens is 4. The number of piperazine rings is 1. The lowest BCUT2D eigenvalue weighted by Crippen LogP contribution is -2.49. The lowest BCUT2D eigenvalue weighted by Gasteiger charge is -2.36. The fraction of sp³-hybridized carbons (Fsp3) is 0.278. The van der Waals surface area contributed by atoms with Gasteiger partial charge < -0.3 is 14.5 Å². The number of nitrogens with zero attached hydrogens (tertiary/aromatic N) is 3. The fourth-order valence-corrected chi connectivity index (χ4v) is 3.30. The van der Waals surface area contributed by atoms with Gasteiger partial charge in [-0.3, -0.25) is 4.79 Å². The minimum Gasteiger partial charge on any atom is -0.451 e. The molecule has 1 amide bonds. The SMILES string of the molecule is O=C(OCC(=O)N1CCN(c2ccc(F)cc2)CC1)c1ncc(Cl)c(Cl)c1Cl. The lowest BCUT2D eigenvalue weighted by molar-refractivity contribution is -0.134. The number of rotatable bonds is 4. The third kappa shape index (κ3) is 4.66. The Morgan fingerprint density at radius 3 is 2.32 bits per heavy atom. The molecule has 2 heterocycles. The normalized spacial score (nSPS) is 14.1. The zero-order valence-electron chi connectivity index (χ0n) is 14.5. The van der Waals surface area contributed by atoms with Gasteiger partial charge in [0.1, 0.15) is 5.82 Å². The van der Waals surface area contributed by atoms with Crippen molar-refractivity contribution in [2.45, 2.75) is 0 Å². The Bertz CT molecular complexity index is 888. The molecular weight excluding hydrogens is 432 g/mol. The molecule has 28 heavy (non-hydrogen) atoms. The average Bonchev–Trinajstić information content (AvgIpc) is 2.71. The fourth-order valence-electron chi connectivity index (χ4n) is 2.74. The Morgan fingerprint density at radius 1 is 1.04 bits per heavy atom. The molecule has 1 aliphatic rings. The second-order valence-corrected chi connectivity index (χ2v) is 7.17. The van der Waals surface area contributed by atoms with Gasteiger partial charge in [0.25, 0.3) is 5.91 Å². The first-order chi connectivity index (χ1) is 13.4. The Hall–Kier alpha value is -2.09. The van der Waals surface area contributed by atoms with Crippen LogP contribution in [0.1, 0.15) is 10.5 Å². The van der Waals surface area contributed by atoms with Crippen molar-refractivity contribution in [2.75, 3.05) is 37.7 Å². The molecule has 1 aromatic heterocycles. The molecule has 1 aromatic carbocycles. The van der Waals surface area contributed by atoms with E-state index in [0.717, 1.165) is 5.69 Å². The molecule has 0 saturated carbocycles. The zero-order chi connectivity index (χ0) is 20.3. The van der Waals surface area contributed by atoms with Crippen molar-refractivity contribution >= 4 is 52.4 Å². The molecule has 0 unspecified atom stereocenters. The van der Waals surface area contributed by atoms with Crippen LogP contribution >= 0.6 is 34.8 Å². The number of ether oxygens (including phenoxy) is 1. The van der Waals surface area contributed by atoms with Gasteiger partial charge >= 0.3 is 5.97 Å². The number of pyridine rings is 1. The molecule has 0 bridgehead atoms. The molecule has 6 nitrogen and oxygen atoms in total. The number of amides is 1. The van der Waals surface area contributed by atoms with Crippen molar-refractivity contribution in [3.63, 3.8) is 0 Å². The Balaban J connectivity index is 1.51. The summed E-state index contributed by atoms with van der Waals surface area (Å²) in [5.41, 5.74) is 0.685. The van der Waals surface area contributed by atoms with E-state index in [-0.39, 0.29) is 32.5 Å². The monoisotopic (exact) mass is 445 g/mol. The molecule has 0 radical (unpaired) electrons.